The van der Waals surface area contributed by atoms with Crippen molar-refractivity contribution in [3.63, 3.8) is 0 Å². The third kappa shape index (κ3) is 2.90. The van der Waals surface area contributed by atoms with Crippen LogP contribution in [0, 0.1) is 6.92 Å². The highest BCUT2D eigenvalue weighted by molar-refractivity contribution is 5.96. The van der Waals surface area contributed by atoms with Crippen LogP contribution in [0.1, 0.15) is 34.6 Å². The van der Waals surface area contributed by atoms with Crippen LogP contribution in [-0.2, 0) is 11.8 Å². The molecule has 0 radical (unpaired) electrons. The molecule has 120 valence electrons. The zero-order chi connectivity index (χ0) is 16.6. The molecule has 1 aromatic heterocycles. The Bertz CT molecular complexity index is 782. The summed E-state index contributed by atoms with van der Waals surface area (Å²) in [6.45, 7) is 3.76. The Morgan fingerprint density at radius 1 is 1.48 bits per heavy atom. The number of hydrogen-bond donors (Lipinski definition) is 2. The van der Waals surface area contributed by atoms with Gasteiger partial charge < -0.3 is 15.4 Å². The predicted molar refractivity (Wildman–Crippen MR) is 84.4 cm³/mol. The minimum Gasteiger partial charge on any atom is -0.482 e. The minimum atomic E-state index is -0.216. The lowest BCUT2D eigenvalue weighted by atomic mass is 10.1. The van der Waals surface area contributed by atoms with Gasteiger partial charge in [0.25, 0.3) is 11.8 Å². The second-order valence-corrected chi connectivity index (χ2v) is 5.55. The van der Waals surface area contributed by atoms with Crippen molar-refractivity contribution in [2.24, 2.45) is 7.05 Å². The molecule has 0 fully saturated rings. The molecule has 1 aromatic carbocycles. The van der Waals surface area contributed by atoms with Crippen molar-refractivity contribution >= 4 is 17.5 Å². The summed E-state index contributed by atoms with van der Waals surface area (Å²) in [6, 6.07) is 5.26. The first-order chi connectivity index (χ1) is 11.0. The highest BCUT2D eigenvalue weighted by atomic mass is 16.5. The van der Waals surface area contributed by atoms with E-state index in [2.05, 4.69) is 15.7 Å². The fourth-order valence-corrected chi connectivity index (χ4v) is 2.45. The van der Waals surface area contributed by atoms with Gasteiger partial charge in [-0.25, -0.2) is 0 Å². The molecule has 2 aromatic rings. The molecule has 3 rings (SSSR count). The molecule has 1 unspecified atom stereocenters. The van der Waals surface area contributed by atoms with Gasteiger partial charge in [-0.15, -0.1) is 0 Å². The maximum Gasteiger partial charge on any atom is 0.262 e. The number of nitrogens with one attached hydrogen (secondary N) is 2. The highest BCUT2D eigenvalue weighted by Crippen LogP contribution is 2.30. The third-order valence-electron chi connectivity index (χ3n) is 3.96. The van der Waals surface area contributed by atoms with E-state index in [1.54, 1.807) is 24.0 Å². The zero-order valence-corrected chi connectivity index (χ0v) is 13.2. The summed E-state index contributed by atoms with van der Waals surface area (Å²) in [5.74, 6) is 0.272. The quantitative estimate of drug-likeness (QED) is 0.900. The summed E-state index contributed by atoms with van der Waals surface area (Å²) in [5.41, 5.74) is 2.86. The summed E-state index contributed by atoms with van der Waals surface area (Å²) in [7, 11) is 1.79. The zero-order valence-electron chi connectivity index (χ0n) is 13.2. The summed E-state index contributed by atoms with van der Waals surface area (Å²) in [6.07, 6.45) is 1.55. The molecule has 2 N–H and O–H groups in total. The van der Waals surface area contributed by atoms with E-state index in [1.807, 2.05) is 26.0 Å². The number of benzene rings is 1. The van der Waals surface area contributed by atoms with E-state index in [0.717, 1.165) is 11.3 Å². The molecular weight excluding hydrogens is 296 g/mol. The maximum absolute atomic E-state index is 12.3. The second-order valence-electron chi connectivity index (χ2n) is 5.55. The van der Waals surface area contributed by atoms with Crippen LogP contribution in [0.2, 0.25) is 0 Å². The topological polar surface area (TPSA) is 85.2 Å². The van der Waals surface area contributed by atoms with Crippen LogP contribution in [-0.4, -0.2) is 28.2 Å². The molecule has 0 saturated heterocycles. The minimum absolute atomic E-state index is 0.0267. The van der Waals surface area contributed by atoms with Gasteiger partial charge in [0.1, 0.15) is 5.75 Å². The van der Waals surface area contributed by atoms with Crippen molar-refractivity contribution < 1.29 is 14.3 Å². The number of aryl methyl sites for hydroxylation is 1. The first-order valence-electron chi connectivity index (χ1n) is 7.32. The summed E-state index contributed by atoms with van der Waals surface area (Å²) >= 11 is 0. The summed E-state index contributed by atoms with van der Waals surface area (Å²) in [4.78, 5) is 23.7. The van der Waals surface area contributed by atoms with Gasteiger partial charge >= 0.3 is 0 Å². The lowest BCUT2D eigenvalue weighted by Gasteiger charge is -2.21. The van der Waals surface area contributed by atoms with Gasteiger partial charge in [-0.2, -0.15) is 5.10 Å². The van der Waals surface area contributed by atoms with Gasteiger partial charge in [-0.05, 0) is 31.5 Å². The van der Waals surface area contributed by atoms with Crippen molar-refractivity contribution in [3.8, 4) is 5.75 Å². The Hall–Kier alpha value is -2.83. The highest BCUT2D eigenvalue weighted by Gasteiger charge is 2.19. The van der Waals surface area contributed by atoms with E-state index >= 15 is 0 Å². The third-order valence-corrected chi connectivity index (χ3v) is 3.96. The number of anilines is 1. The molecule has 7 nitrogen and oxygen atoms in total. The molecule has 0 spiro atoms. The van der Waals surface area contributed by atoms with Crippen molar-refractivity contribution in [1.29, 1.82) is 0 Å². The molecule has 2 amide bonds. The van der Waals surface area contributed by atoms with Gasteiger partial charge in [0.15, 0.2) is 6.61 Å². The summed E-state index contributed by atoms with van der Waals surface area (Å²) in [5, 5.41) is 9.78. The van der Waals surface area contributed by atoms with Crippen LogP contribution in [0.5, 0.6) is 5.75 Å². The largest absolute Gasteiger partial charge is 0.482 e. The standard InChI is InChI=1S/C16H18N4O3/c1-9(18-16(22)12-7-17-20(3)10(12)2)11-4-5-14-13(6-11)19-15(21)8-23-14/h4-7,9H,8H2,1-3H3,(H,18,22)(H,19,21). The van der Waals surface area contributed by atoms with E-state index in [4.69, 9.17) is 4.74 Å². The average molecular weight is 314 g/mol. The molecule has 2 heterocycles. The Balaban J connectivity index is 1.77. The Morgan fingerprint density at radius 3 is 2.96 bits per heavy atom. The number of carbonyl (C=O) groups excluding carboxylic acids is 2. The van der Waals surface area contributed by atoms with Gasteiger partial charge in [0.05, 0.1) is 23.5 Å². The van der Waals surface area contributed by atoms with Crippen molar-refractivity contribution in [3.05, 3.63) is 41.2 Å². The molecule has 7 heteroatoms. The van der Waals surface area contributed by atoms with Crippen LogP contribution in [0.4, 0.5) is 5.69 Å². The fraction of sp³-hybridized carbons (Fsp3) is 0.312. The normalized spacial score (nSPS) is 14.5. The lowest BCUT2D eigenvalue weighted by molar-refractivity contribution is -0.118. The second kappa shape index (κ2) is 5.75. The molecule has 0 bridgehead atoms. The van der Waals surface area contributed by atoms with E-state index < -0.39 is 0 Å². The number of hydrogen-bond acceptors (Lipinski definition) is 4. The SMILES string of the molecule is Cc1c(C(=O)NC(C)c2ccc3c(c2)NC(=O)CO3)cnn1C. The van der Waals surface area contributed by atoms with E-state index in [-0.39, 0.29) is 24.5 Å². The van der Waals surface area contributed by atoms with Crippen LogP contribution in [0.25, 0.3) is 0 Å². The first kappa shape index (κ1) is 15.1. The molecular formula is C16H18N4O3. The molecule has 1 aliphatic rings. The molecule has 0 saturated carbocycles. The van der Waals surface area contributed by atoms with Gasteiger partial charge in [-0.3, -0.25) is 14.3 Å². The number of ether oxygens (including phenoxy) is 1. The van der Waals surface area contributed by atoms with Crippen molar-refractivity contribution in [2.75, 3.05) is 11.9 Å². The van der Waals surface area contributed by atoms with E-state index in [1.165, 1.54) is 0 Å². The number of carbonyl (C=O) groups is 2. The van der Waals surface area contributed by atoms with Crippen LogP contribution >= 0.6 is 0 Å². The van der Waals surface area contributed by atoms with E-state index in [9.17, 15) is 9.59 Å². The van der Waals surface area contributed by atoms with E-state index in [0.29, 0.717) is 17.0 Å². The smallest absolute Gasteiger partial charge is 0.262 e. The molecule has 1 atom stereocenters. The average Bonchev–Trinajstić information content (AvgIpc) is 2.86. The van der Waals surface area contributed by atoms with Gasteiger partial charge in [0, 0.05) is 12.7 Å². The Labute approximate surface area is 133 Å². The molecule has 0 aliphatic carbocycles. The Kier molecular flexibility index (Phi) is 3.77. The number of rotatable bonds is 3. The molecule has 1 aliphatic heterocycles. The first-order valence-corrected chi connectivity index (χ1v) is 7.32. The predicted octanol–water partition coefficient (Wildman–Crippen LogP) is 1.55. The van der Waals surface area contributed by atoms with Crippen molar-refractivity contribution in [1.82, 2.24) is 15.1 Å². The lowest BCUT2D eigenvalue weighted by Crippen LogP contribution is -2.28. The Morgan fingerprint density at radius 2 is 2.26 bits per heavy atom. The van der Waals surface area contributed by atoms with Crippen LogP contribution in [0.3, 0.4) is 0 Å². The number of fused-ring (bicyclic) bond motifs is 1. The fourth-order valence-electron chi connectivity index (χ4n) is 2.45. The van der Waals surface area contributed by atoms with Gasteiger partial charge in [-0.1, -0.05) is 6.07 Å². The molecule has 23 heavy (non-hydrogen) atoms. The monoisotopic (exact) mass is 314 g/mol. The summed E-state index contributed by atoms with van der Waals surface area (Å²) < 4.78 is 6.99. The maximum atomic E-state index is 12.3. The number of nitrogens with zero attached hydrogens (tertiary/aromatic N) is 2. The number of amides is 2. The van der Waals surface area contributed by atoms with Crippen LogP contribution < -0.4 is 15.4 Å². The van der Waals surface area contributed by atoms with Crippen LogP contribution in [0.15, 0.2) is 24.4 Å². The number of aromatic nitrogens is 2. The van der Waals surface area contributed by atoms with Crippen molar-refractivity contribution in [2.45, 2.75) is 19.9 Å². The van der Waals surface area contributed by atoms with Gasteiger partial charge in [0.2, 0.25) is 0 Å².